The van der Waals surface area contributed by atoms with Gasteiger partial charge in [-0.25, -0.2) is 0 Å². The summed E-state index contributed by atoms with van der Waals surface area (Å²) in [5, 5.41) is 0. The van der Waals surface area contributed by atoms with Gasteiger partial charge < -0.3 is 14.3 Å². The zero-order valence-electron chi connectivity index (χ0n) is 6.95. The van der Waals surface area contributed by atoms with E-state index >= 15 is 0 Å². The van der Waals surface area contributed by atoms with Crippen molar-refractivity contribution in [3.05, 3.63) is 0 Å². The standard InChI is InChI=1S/C8H14O3/c1-3-7-4-6(5-9)8(10-2)11-7/h5-8H,3-4H2,1-2H3. The zero-order valence-corrected chi connectivity index (χ0v) is 6.95. The number of carbonyl (C=O) groups excluding carboxylic acids is 1. The van der Waals surface area contributed by atoms with E-state index in [1.165, 1.54) is 0 Å². The van der Waals surface area contributed by atoms with Gasteiger partial charge in [-0.05, 0) is 12.8 Å². The van der Waals surface area contributed by atoms with Crippen LogP contribution in [-0.4, -0.2) is 25.8 Å². The van der Waals surface area contributed by atoms with Gasteiger partial charge in [0.25, 0.3) is 0 Å². The van der Waals surface area contributed by atoms with Crippen molar-refractivity contribution in [3.63, 3.8) is 0 Å². The smallest absolute Gasteiger partial charge is 0.167 e. The first-order valence-corrected chi connectivity index (χ1v) is 3.95. The average molecular weight is 158 g/mol. The summed E-state index contributed by atoms with van der Waals surface area (Å²) in [5.41, 5.74) is 0. The molecule has 0 aromatic rings. The highest BCUT2D eigenvalue weighted by atomic mass is 16.7. The summed E-state index contributed by atoms with van der Waals surface area (Å²) in [6, 6.07) is 0. The molecule has 1 saturated heterocycles. The normalized spacial score (nSPS) is 37.5. The molecule has 1 aliphatic rings. The summed E-state index contributed by atoms with van der Waals surface area (Å²) in [4.78, 5) is 10.5. The number of methoxy groups -OCH3 is 1. The topological polar surface area (TPSA) is 35.5 Å². The Hall–Kier alpha value is -0.410. The van der Waals surface area contributed by atoms with Gasteiger partial charge >= 0.3 is 0 Å². The van der Waals surface area contributed by atoms with Crippen molar-refractivity contribution in [2.75, 3.05) is 7.11 Å². The lowest BCUT2D eigenvalue weighted by atomic mass is 10.1. The molecule has 0 amide bonds. The first-order chi connectivity index (χ1) is 5.31. The molecule has 1 aliphatic heterocycles. The summed E-state index contributed by atoms with van der Waals surface area (Å²) < 4.78 is 10.4. The van der Waals surface area contributed by atoms with Crippen LogP contribution < -0.4 is 0 Å². The van der Waals surface area contributed by atoms with E-state index in [9.17, 15) is 4.79 Å². The van der Waals surface area contributed by atoms with E-state index in [4.69, 9.17) is 9.47 Å². The van der Waals surface area contributed by atoms with Crippen molar-refractivity contribution in [2.24, 2.45) is 5.92 Å². The van der Waals surface area contributed by atoms with E-state index in [-0.39, 0.29) is 18.3 Å². The van der Waals surface area contributed by atoms with E-state index < -0.39 is 0 Å². The minimum Gasteiger partial charge on any atom is -0.355 e. The molecule has 0 radical (unpaired) electrons. The molecule has 1 fully saturated rings. The fourth-order valence-electron chi connectivity index (χ4n) is 1.37. The van der Waals surface area contributed by atoms with Crippen molar-refractivity contribution in [2.45, 2.75) is 32.2 Å². The molecule has 0 bridgehead atoms. The lowest BCUT2D eigenvalue weighted by Gasteiger charge is -2.11. The summed E-state index contributed by atoms with van der Waals surface area (Å²) in [5.74, 6) is -0.0649. The minimum atomic E-state index is -0.308. The fraction of sp³-hybridized carbons (Fsp3) is 0.875. The predicted molar refractivity (Wildman–Crippen MR) is 40.1 cm³/mol. The molecule has 3 heteroatoms. The van der Waals surface area contributed by atoms with Gasteiger partial charge in [0.05, 0.1) is 12.0 Å². The number of ether oxygens (including phenoxy) is 2. The second-order valence-electron chi connectivity index (χ2n) is 2.81. The maximum Gasteiger partial charge on any atom is 0.167 e. The summed E-state index contributed by atoms with van der Waals surface area (Å²) >= 11 is 0. The molecule has 3 unspecified atom stereocenters. The molecular weight excluding hydrogens is 144 g/mol. The first-order valence-electron chi connectivity index (χ1n) is 3.95. The Morgan fingerprint density at radius 2 is 2.45 bits per heavy atom. The molecule has 1 rings (SSSR count). The Morgan fingerprint density at radius 1 is 1.73 bits per heavy atom. The third kappa shape index (κ3) is 1.79. The number of hydrogen-bond donors (Lipinski definition) is 0. The molecule has 3 nitrogen and oxygen atoms in total. The molecule has 11 heavy (non-hydrogen) atoms. The Balaban J connectivity index is 2.47. The number of hydrogen-bond acceptors (Lipinski definition) is 3. The van der Waals surface area contributed by atoms with Crippen LogP contribution in [0.1, 0.15) is 19.8 Å². The van der Waals surface area contributed by atoms with E-state index in [0.717, 1.165) is 19.1 Å². The molecule has 0 aromatic heterocycles. The van der Waals surface area contributed by atoms with Crippen LogP contribution >= 0.6 is 0 Å². The molecule has 0 aliphatic carbocycles. The maximum absolute atomic E-state index is 10.5. The van der Waals surface area contributed by atoms with Crippen LogP contribution in [0.4, 0.5) is 0 Å². The first kappa shape index (κ1) is 8.68. The summed E-state index contributed by atoms with van der Waals surface area (Å²) in [6.07, 6.45) is 2.57. The molecule has 3 atom stereocenters. The fourth-order valence-corrected chi connectivity index (χ4v) is 1.37. The highest BCUT2D eigenvalue weighted by Gasteiger charge is 2.33. The average Bonchev–Trinajstić information content (AvgIpc) is 2.46. The van der Waals surface area contributed by atoms with Gasteiger partial charge in [-0.15, -0.1) is 0 Å². The van der Waals surface area contributed by atoms with Crippen LogP contribution in [0.3, 0.4) is 0 Å². The van der Waals surface area contributed by atoms with Gasteiger partial charge in [0.2, 0.25) is 0 Å². The van der Waals surface area contributed by atoms with Crippen molar-refractivity contribution in [1.82, 2.24) is 0 Å². The highest BCUT2D eigenvalue weighted by Crippen LogP contribution is 2.26. The van der Waals surface area contributed by atoms with Gasteiger partial charge in [-0.2, -0.15) is 0 Å². The van der Waals surface area contributed by atoms with Crippen LogP contribution in [0, 0.1) is 5.92 Å². The predicted octanol–water partition coefficient (Wildman–Crippen LogP) is 0.973. The summed E-state index contributed by atoms with van der Waals surface area (Å²) in [7, 11) is 1.57. The lowest BCUT2D eigenvalue weighted by Crippen LogP contribution is -2.19. The van der Waals surface area contributed by atoms with Gasteiger partial charge in [0, 0.05) is 7.11 Å². The number of rotatable bonds is 3. The van der Waals surface area contributed by atoms with E-state index in [2.05, 4.69) is 0 Å². The van der Waals surface area contributed by atoms with Gasteiger partial charge in [0.15, 0.2) is 6.29 Å². The minimum absolute atomic E-state index is 0.0649. The SMILES string of the molecule is CCC1CC(C=O)C(OC)O1. The van der Waals surface area contributed by atoms with E-state index in [1.54, 1.807) is 7.11 Å². The van der Waals surface area contributed by atoms with Crippen LogP contribution in [0.2, 0.25) is 0 Å². The highest BCUT2D eigenvalue weighted by molar-refractivity contribution is 5.54. The van der Waals surface area contributed by atoms with Crippen LogP contribution in [0.5, 0.6) is 0 Å². The van der Waals surface area contributed by atoms with Gasteiger partial charge in [0.1, 0.15) is 6.29 Å². The molecule has 1 heterocycles. The van der Waals surface area contributed by atoms with Crippen LogP contribution in [-0.2, 0) is 14.3 Å². The largest absolute Gasteiger partial charge is 0.355 e. The molecule has 0 saturated carbocycles. The molecular formula is C8H14O3. The quantitative estimate of drug-likeness (QED) is 0.574. The van der Waals surface area contributed by atoms with Crippen LogP contribution in [0.25, 0.3) is 0 Å². The van der Waals surface area contributed by atoms with Gasteiger partial charge in [-0.3, -0.25) is 0 Å². The Morgan fingerprint density at radius 3 is 2.82 bits per heavy atom. The monoisotopic (exact) mass is 158 g/mol. The van der Waals surface area contributed by atoms with Crippen LogP contribution in [0.15, 0.2) is 0 Å². The number of aldehydes is 1. The lowest BCUT2D eigenvalue weighted by molar-refractivity contribution is -0.140. The maximum atomic E-state index is 10.5. The molecule has 0 spiro atoms. The molecule has 0 N–H and O–H groups in total. The van der Waals surface area contributed by atoms with Crippen molar-refractivity contribution in [3.8, 4) is 0 Å². The Bertz CT molecular complexity index is 135. The third-order valence-corrected chi connectivity index (χ3v) is 2.07. The van der Waals surface area contributed by atoms with Crippen molar-refractivity contribution in [1.29, 1.82) is 0 Å². The Kier molecular flexibility index (Phi) is 3.02. The molecule has 0 aromatic carbocycles. The summed E-state index contributed by atoms with van der Waals surface area (Å²) in [6.45, 7) is 2.05. The molecule has 64 valence electrons. The van der Waals surface area contributed by atoms with E-state index in [0.29, 0.717) is 0 Å². The second kappa shape index (κ2) is 3.83. The van der Waals surface area contributed by atoms with E-state index in [1.807, 2.05) is 6.92 Å². The van der Waals surface area contributed by atoms with Crippen molar-refractivity contribution >= 4 is 6.29 Å². The number of carbonyl (C=O) groups is 1. The van der Waals surface area contributed by atoms with Crippen molar-refractivity contribution < 1.29 is 14.3 Å². The zero-order chi connectivity index (χ0) is 8.27. The third-order valence-electron chi connectivity index (χ3n) is 2.07. The Labute approximate surface area is 66.7 Å². The van der Waals surface area contributed by atoms with Gasteiger partial charge in [-0.1, -0.05) is 6.92 Å². The second-order valence-corrected chi connectivity index (χ2v) is 2.81.